The van der Waals surface area contributed by atoms with Crippen molar-refractivity contribution in [3.05, 3.63) is 83.6 Å². The third-order valence-electron chi connectivity index (χ3n) is 5.08. The van der Waals surface area contributed by atoms with Crippen molar-refractivity contribution >= 4 is 21.7 Å². The van der Waals surface area contributed by atoms with Gasteiger partial charge in [0, 0.05) is 11.0 Å². The van der Waals surface area contributed by atoms with Crippen molar-refractivity contribution in [2.45, 2.75) is 18.3 Å². The topological polar surface area (TPSA) is 49.6 Å². The number of hydrogen-bond acceptors (Lipinski definition) is 4. The van der Waals surface area contributed by atoms with Gasteiger partial charge >= 0.3 is 0 Å². The Kier molecular flexibility index (Phi) is 3.37. The summed E-state index contributed by atoms with van der Waals surface area (Å²) >= 11 is 1.61. The molecule has 2 heterocycles. The van der Waals surface area contributed by atoms with E-state index in [1.165, 1.54) is 5.56 Å². The van der Waals surface area contributed by atoms with E-state index in [0.29, 0.717) is 5.56 Å². The highest BCUT2D eigenvalue weighted by Gasteiger charge is 2.47. The number of benzene rings is 2. The molecule has 0 aliphatic heterocycles. The quantitative estimate of drug-likeness (QED) is 0.501. The monoisotopic (exact) mass is 353 g/mol. The third-order valence-corrected chi connectivity index (χ3v) is 6.10. The van der Waals surface area contributed by atoms with Crippen LogP contribution in [0.5, 0.6) is 0 Å². The molecule has 124 valence electrons. The Morgan fingerprint density at radius 2 is 1.65 bits per heavy atom. The molecule has 0 radical (unpaired) electrons. The molecule has 4 heteroatoms. The Hall–Kier alpha value is -3.03. The molecule has 1 aliphatic carbocycles. The van der Waals surface area contributed by atoms with Crippen molar-refractivity contribution in [1.29, 1.82) is 5.26 Å². The van der Waals surface area contributed by atoms with E-state index < -0.39 is 0 Å². The summed E-state index contributed by atoms with van der Waals surface area (Å²) in [6, 6.07) is 24.6. The van der Waals surface area contributed by atoms with E-state index in [-0.39, 0.29) is 5.41 Å². The predicted molar refractivity (Wildman–Crippen MR) is 104 cm³/mol. The first-order chi connectivity index (χ1) is 12.8. The third kappa shape index (κ3) is 2.40. The van der Waals surface area contributed by atoms with E-state index in [9.17, 15) is 0 Å². The smallest absolute Gasteiger partial charge is 0.144 e. The fourth-order valence-corrected chi connectivity index (χ4v) is 4.41. The predicted octanol–water partition coefficient (Wildman–Crippen LogP) is 5.31. The molecule has 2 aromatic carbocycles. The number of pyridine rings is 1. The van der Waals surface area contributed by atoms with Crippen LogP contribution in [0.1, 0.15) is 29.7 Å². The Bertz CT molecular complexity index is 1130. The van der Waals surface area contributed by atoms with Crippen LogP contribution in [0, 0.1) is 11.3 Å². The van der Waals surface area contributed by atoms with Crippen LogP contribution in [0.15, 0.2) is 66.7 Å². The average molecular weight is 353 g/mol. The van der Waals surface area contributed by atoms with Gasteiger partial charge in [-0.25, -0.2) is 9.97 Å². The lowest BCUT2D eigenvalue weighted by Gasteiger charge is -2.14. The van der Waals surface area contributed by atoms with Gasteiger partial charge in [0.25, 0.3) is 0 Å². The van der Waals surface area contributed by atoms with Gasteiger partial charge in [-0.05, 0) is 42.7 Å². The van der Waals surface area contributed by atoms with Gasteiger partial charge in [0.05, 0.1) is 17.3 Å². The minimum atomic E-state index is 0.0774. The first-order valence-corrected chi connectivity index (χ1v) is 9.44. The summed E-state index contributed by atoms with van der Waals surface area (Å²) in [5, 5.41) is 9.89. The van der Waals surface area contributed by atoms with Crippen LogP contribution in [0.2, 0.25) is 0 Å². The van der Waals surface area contributed by atoms with Gasteiger partial charge in [0.15, 0.2) is 0 Å². The van der Waals surface area contributed by atoms with Crippen molar-refractivity contribution in [2.75, 3.05) is 0 Å². The first kappa shape index (κ1) is 15.2. The highest BCUT2D eigenvalue weighted by atomic mass is 32.1. The number of fused-ring (bicyclic) bond motifs is 1. The van der Waals surface area contributed by atoms with Crippen molar-refractivity contribution in [3.63, 3.8) is 0 Å². The SMILES string of the molecule is N#Cc1ccc(-c2nc3ccc(C4(c5ccccc5)CC4)nc3s2)cc1. The molecule has 0 unspecified atom stereocenters. The molecule has 2 aromatic heterocycles. The molecule has 0 spiro atoms. The maximum atomic E-state index is 8.95. The molecule has 1 fully saturated rings. The zero-order chi connectivity index (χ0) is 17.6. The van der Waals surface area contributed by atoms with Gasteiger partial charge in [-0.2, -0.15) is 5.26 Å². The molecule has 3 nitrogen and oxygen atoms in total. The zero-order valence-electron chi connectivity index (χ0n) is 14.0. The lowest BCUT2D eigenvalue weighted by molar-refractivity contribution is 0.811. The Balaban J connectivity index is 1.56. The minimum Gasteiger partial charge on any atom is -0.239 e. The van der Waals surface area contributed by atoms with Crippen LogP contribution in [-0.2, 0) is 5.41 Å². The lowest BCUT2D eigenvalue weighted by atomic mass is 9.92. The molecular weight excluding hydrogens is 338 g/mol. The molecule has 0 atom stereocenters. The van der Waals surface area contributed by atoms with E-state index in [1.807, 2.05) is 24.3 Å². The second-order valence-corrected chi connectivity index (χ2v) is 7.65. The first-order valence-electron chi connectivity index (χ1n) is 8.63. The van der Waals surface area contributed by atoms with Crippen LogP contribution in [-0.4, -0.2) is 9.97 Å². The molecule has 0 amide bonds. The lowest BCUT2D eigenvalue weighted by Crippen LogP contribution is -2.10. The standard InChI is InChI=1S/C22H15N3S/c23-14-15-6-8-16(9-7-15)20-24-18-10-11-19(25-21(18)26-20)22(12-13-22)17-4-2-1-3-5-17/h1-11H,12-13H2. The maximum absolute atomic E-state index is 8.95. The van der Waals surface area contributed by atoms with Gasteiger partial charge in [-0.1, -0.05) is 53.8 Å². The minimum absolute atomic E-state index is 0.0774. The fraction of sp³-hybridized carbons (Fsp3) is 0.136. The van der Waals surface area contributed by atoms with Crippen molar-refractivity contribution in [2.24, 2.45) is 0 Å². The van der Waals surface area contributed by atoms with Crippen molar-refractivity contribution in [3.8, 4) is 16.6 Å². The molecule has 0 N–H and O–H groups in total. The maximum Gasteiger partial charge on any atom is 0.144 e. The molecule has 26 heavy (non-hydrogen) atoms. The number of nitriles is 1. The summed E-state index contributed by atoms with van der Waals surface area (Å²) in [7, 11) is 0. The van der Waals surface area contributed by atoms with Gasteiger partial charge in [0.2, 0.25) is 0 Å². The summed E-state index contributed by atoms with van der Waals surface area (Å²) < 4.78 is 0. The summed E-state index contributed by atoms with van der Waals surface area (Å²) in [4.78, 5) is 10.7. The molecule has 5 rings (SSSR count). The Morgan fingerprint density at radius 1 is 0.885 bits per heavy atom. The Labute approximate surface area is 155 Å². The van der Waals surface area contributed by atoms with E-state index >= 15 is 0 Å². The number of hydrogen-bond donors (Lipinski definition) is 0. The number of rotatable bonds is 3. The van der Waals surface area contributed by atoms with E-state index in [2.05, 4.69) is 48.5 Å². The van der Waals surface area contributed by atoms with Crippen molar-refractivity contribution < 1.29 is 0 Å². The van der Waals surface area contributed by atoms with E-state index in [1.54, 1.807) is 11.3 Å². The summed E-state index contributed by atoms with van der Waals surface area (Å²) in [5.74, 6) is 0. The normalized spacial score (nSPS) is 14.9. The van der Waals surface area contributed by atoms with Crippen LogP contribution in [0.25, 0.3) is 20.9 Å². The Morgan fingerprint density at radius 3 is 2.35 bits per heavy atom. The van der Waals surface area contributed by atoms with Crippen LogP contribution in [0.3, 0.4) is 0 Å². The van der Waals surface area contributed by atoms with Gasteiger partial charge in [-0.15, -0.1) is 0 Å². The summed E-state index contributed by atoms with van der Waals surface area (Å²) in [6.45, 7) is 0. The number of aromatic nitrogens is 2. The summed E-state index contributed by atoms with van der Waals surface area (Å²) in [6.07, 6.45) is 2.30. The molecular formula is C22H15N3S. The zero-order valence-corrected chi connectivity index (χ0v) is 14.8. The average Bonchev–Trinajstić information content (AvgIpc) is 3.41. The van der Waals surface area contributed by atoms with E-state index in [4.69, 9.17) is 15.2 Å². The number of nitrogens with zero attached hydrogens (tertiary/aromatic N) is 3. The van der Waals surface area contributed by atoms with Gasteiger partial charge in [-0.3, -0.25) is 0 Å². The number of thiazole rings is 1. The second kappa shape index (κ2) is 5.76. The molecule has 1 saturated carbocycles. The van der Waals surface area contributed by atoms with Crippen molar-refractivity contribution in [1.82, 2.24) is 9.97 Å². The molecule has 1 aliphatic rings. The molecule has 0 saturated heterocycles. The van der Waals surface area contributed by atoms with E-state index in [0.717, 1.165) is 39.5 Å². The highest BCUT2D eigenvalue weighted by molar-refractivity contribution is 7.21. The highest BCUT2D eigenvalue weighted by Crippen LogP contribution is 2.53. The molecule has 0 bridgehead atoms. The van der Waals surface area contributed by atoms with Crippen LogP contribution in [0.4, 0.5) is 0 Å². The molecule has 4 aromatic rings. The van der Waals surface area contributed by atoms with Crippen LogP contribution >= 0.6 is 11.3 Å². The van der Waals surface area contributed by atoms with Crippen LogP contribution < -0.4 is 0 Å². The largest absolute Gasteiger partial charge is 0.239 e. The second-order valence-electron chi connectivity index (χ2n) is 6.68. The van der Waals surface area contributed by atoms with Gasteiger partial charge < -0.3 is 0 Å². The fourth-order valence-electron chi connectivity index (χ4n) is 3.47. The summed E-state index contributed by atoms with van der Waals surface area (Å²) in [5.41, 5.74) is 5.19. The van der Waals surface area contributed by atoms with Gasteiger partial charge in [0.1, 0.15) is 15.4 Å².